The summed E-state index contributed by atoms with van der Waals surface area (Å²) in [4.78, 5) is 106. The van der Waals surface area contributed by atoms with Gasteiger partial charge in [-0.05, 0) is 48.5 Å². The molecule has 11 atom stereocenters. The highest BCUT2D eigenvalue weighted by molar-refractivity contribution is 5.92. The smallest absolute Gasteiger partial charge is 0.338 e. The molecule has 4 aromatic rings. The van der Waals surface area contributed by atoms with Crippen molar-refractivity contribution in [2.24, 2.45) is 0 Å². The van der Waals surface area contributed by atoms with Crippen molar-refractivity contribution in [3.05, 3.63) is 144 Å². The first-order valence-electron chi connectivity index (χ1n) is 20.8. The van der Waals surface area contributed by atoms with Crippen molar-refractivity contribution in [3.8, 4) is 0 Å². The predicted octanol–water partition coefficient (Wildman–Crippen LogP) is 3.73. The number of esters is 8. The number of benzene rings is 4. The molecule has 0 aromatic heterocycles. The molecule has 352 valence electrons. The van der Waals surface area contributed by atoms with E-state index in [1.165, 1.54) is 97.1 Å². The second-order valence-electron chi connectivity index (χ2n) is 15.1. The van der Waals surface area contributed by atoms with E-state index in [2.05, 4.69) is 0 Å². The molecule has 1 saturated carbocycles. The van der Waals surface area contributed by atoms with E-state index in [-0.39, 0.29) is 22.3 Å². The van der Waals surface area contributed by atoms with Crippen molar-refractivity contribution in [1.82, 2.24) is 0 Å². The van der Waals surface area contributed by atoms with Crippen LogP contribution in [-0.2, 0) is 66.5 Å². The van der Waals surface area contributed by atoms with E-state index in [1.807, 2.05) is 0 Å². The van der Waals surface area contributed by atoms with E-state index >= 15 is 0 Å². The molecule has 0 radical (unpaired) electrons. The van der Waals surface area contributed by atoms with Crippen LogP contribution in [0.15, 0.2) is 121 Å². The summed E-state index contributed by atoms with van der Waals surface area (Å²) in [6.07, 6.45) is -21.3. The zero-order valence-electron chi connectivity index (χ0n) is 36.4. The average molecular weight is 927 g/mol. The second kappa shape index (κ2) is 22.6. The third-order valence-electron chi connectivity index (χ3n) is 10.2. The maximum atomic E-state index is 14.1. The Morgan fingerprint density at radius 1 is 0.403 bits per heavy atom. The van der Waals surface area contributed by atoms with Gasteiger partial charge in [-0.1, -0.05) is 72.8 Å². The molecular formula is C48H46O19. The van der Waals surface area contributed by atoms with Crippen LogP contribution in [0.4, 0.5) is 0 Å². The van der Waals surface area contributed by atoms with E-state index in [9.17, 15) is 43.5 Å². The van der Waals surface area contributed by atoms with E-state index in [0.29, 0.717) is 0 Å². The number of hydrogen-bond donors (Lipinski definition) is 1. The largest absolute Gasteiger partial charge is 0.463 e. The number of ether oxygens (including phenoxy) is 10. The number of aliphatic hydroxyl groups is 1. The maximum Gasteiger partial charge on any atom is 0.338 e. The summed E-state index contributed by atoms with van der Waals surface area (Å²) in [5.74, 6) is -7.97. The Kier molecular flexibility index (Phi) is 16.5. The van der Waals surface area contributed by atoms with Crippen molar-refractivity contribution in [2.75, 3.05) is 6.61 Å². The Morgan fingerprint density at radius 2 is 0.716 bits per heavy atom. The van der Waals surface area contributed by atoms with E-state index < -0.39 is 122 Å². The summed E-state index contributed by atoms with van der Waals surface area (Å²) in [5.41, 5.74) is -0.140. The van der Waals surface area contributed by atoms with Crippen LogP contribution in [0.3, 0.4) is 0 Å². The molecule has 1 aliphatic heterocycles. The fourth-order valence-electron chi connectivity index (χ4n) is 7.35. The molecule has 1 saturated heterocycles. The minimum Gasteiger partial charge on any atom is -0.463 e. The topological polar surface area (TPSA) is 249 Å². The fourth-order valence-corrected chi connectivity index (χ4v) is 7.35. The Labute approximate surface area is 383 Å². The van der Waals surface area contributed by atoms with Crippen molar-refractivity contribution >= 4 is 47.8 Å². The van der Waals surface area contributed by atoms with Gasteiger partial charge in [0.25, 0.3) is 0 Å². The lowest BCUT2D eigenvalue weighted by atomic mass is 9.83. The molecule has 67 heavy (non-hydrogen) atoms. The molecule has 4 aromatic carbocycles. The third-order valence-corrected chi connectivity index (χ3v) is 10.2. The highest BCUT2D eigenvalue weighted by Crippen LogP contribution is 2.38. The molecule has 0 amide bonds. The van der Waals surface area contributed by atoms with Gasteiger partial charge in [0.2, 0.25) is 0 Å². The minimum absolute atomic E-state index is 0.0213. The Hall–Kier alpha value is -7.48. The van der Waals surface area contributed by atoms with Crippen molar-refractivity contribution in [2.45, 2.75) is 95.0 Å². The lowest BCUT2D eigenvalue weighted by molar-refractivity contribution is -0.340. The van der Waals surface area contributed by atoms with Crippen LogP contribution in [0, 0.1) is 0 Å². The van der Waals surface area contributed by atoms with Gasteiger partial charge in [-0.2, -0.15) is 0 Å². The fraction of sp³-hybridized carbons (Fsp3) is 0.333. The van der Waals surface area contributed by atoms with Gasteiger partial charge in [0.05, 0.1) is 22.3 Å². The number of carbonyl (C=O) groups is 8. The van der Waals surface area contributed by atoms with Crippen molar-refractivity contribution < 1.29 is 90.8 Å². The molecule has 1 heterocycles. The van der Waals surface area contributed by atoms with Gasteiger partial charge in [0.15, 0.2) is 49.0 Å². The first-order valence-corrected chi connectivity index (χ1v) is 20.8. The Balaban J connectivity index is 1.54. The molecule has 1 N–H and O–H groups in total. The van der Waals surface area contributed by atoms with E-state index in [4.69, 9.17) is 47.4 Å². The standard InChI is InChI=1S/C48H46O19/c1-26(49)58-25-34-36(59-27(2)50)39(60-28(3)51)43(61-29(4)52)48(62-34)67-38-35(53)37(63-44(54)30-17-9-5-10-18-30)40(64-45(55)31-19-11-6-12-20-31)42(66-47(57)33-23-15-8-16-24-33)41(38)65-46(56)32-21-13-7-14-22-32/h5-24,34-43,48,53H,25H2,1-4H3/t34-,35+,36-,37+,38+,39+,40+,41-,42-,43+,48-/m1/s1. The molecular weight excluding hydrogens is 881 g/mol. The van der Waals surface area contributed by atoms with Crippen LogP contribution in [-0.4, -0.2) is 127 Å². The lowest BCUT2D eigenvalue weighted by Gasteiger charge is -2.49. The monoisotopic (exact) mass is 926 g/mol. The van der Waals surface area contributed by atoms with Crippen molar-refractivity contribution in [1.29, 1.82) is 0 Å². The normalized spacial score (nSPS) is 25.5. The van der Waals surface area contributed by atoms with Crippen LogP contribution >= 0.6 is 0 Å². The number of rotatable bonds is 15. The van der Waals surface area contributed by atoms with Gasteiger partial charge >= 0.3 is 47.8 Å². The van der Waals surface area contributed by atoms with E-state index in [1.54, 1.807) is 24.3 Å². The second-order valence-corrected chi connectivity index (χ2v) is 15.1. The Morgan fingerprint density at radius 3 is 1.09 bits per heavy atom. The minimum atomic E-state index is -2.24. The molecule has 2 fully saturated rings. The number of carbonyl (C=O) groups excluding carboxylic acids is 8. The zero-order chi connectivity index (χ0) is 48.2. The summed E-state index contributed by atoms with van der Waals surface area (Å²) >= 11 is 0. The Bertz CT molecular complexity index is 2380. The maximum absolute atomic E-state index is 14.1. The molecule has 0 unspecified atom stereocenters. The zero-order valence-corrected chi connectivity index (χ0v) is 36.4. The van der Waals surface area contributed by atoms with Crippen LogP contribution in [0.5, 0.6) is 0 Å². The predicted molar refractivity (Wildman–Crippen MR) is 225 cm³/mol. The average Bonchev–Trinajstić information content (AvgIpc) is 3.31. The highest BCUT2D eigenvalue weighted by Gasteiger charge is 2.61. The quantitative estimate of drug-likeness (QED) is 0.132. The first kappa shape index (κ1) is 49.0. The van der Waals surface area contributed by atoms with Gasteiger partial charge in [0.1, 0.15) is 24.9 Å². The summed E-state index contributed by atoms with van der Waals surface area (Å²) in [6.45, 7) is 3.40. The SMILES string of the molecule is CC(=O)OC[C@H]1O[C@H](O[C@H]2[C@@H](O)[C@H](OC(=O)c3ccccc3)[C@H](OC(=O)c3ccccc3)[C@@H](OC(=O)c3ccccc3)[C@@H]2OC(=O)c2ccccc2)[C@@H](OC(C)=O)[C@@H](OC(C)=O)[C@@H]1OC(C)=O. The van der Waals surface area contributed by atoms with Gasteiger partial charge in [-0.25, -0.2) is 19.2 Å². The third kappa shape index (κ3) is 12.7. The van der Waals surface area contributed by atoms with Crippen LogP contribution in [0.25, 0.3) is 0 Å². The van der Waals surface area contributed by atoms with Crippen LogP contribution in [0.1, 0.15) is 69.1 Å². The summed E-state index contributed by atoms with van der Waals surface area (Å²) in [6, 6.07) is 29.9. The summed E-state index contributed by atoms with van der Waals surface area (Å²) < 4.78 is 58.6. The molecule has 0 bridgehead atoms. The molecule has 1 aliphatic carbocycles. The molecule has 0 spiro atoms. The van der Waals surface area contributed by atoms with Crippen LogP contribution in [0.2, 0.25) is 0 Å². The van der Waals surface area contributed by atoms with Gasteiger partial charge in [-0.15, -0.1) is 0 Å². The highest BCUT2D eigenvalue weighted by atomic mass is 16.8. The van der Waals surface area contributed by atoms with Gasteiger partial charge in [-0.3, -0.25) is 19.2 Å². The van der Waals surface area contributed by atoms with Crippen LogP contribution < -0.4 is 0 Å². The molecule has 6 rings (SSSR count). The summed E-state index contributed by atoms with van der Waals surface area (Å²) in [5, 5.41) is 12.6. The van der Waals surface area contributed by atoms with Crippen molar-refractivity contribution in [3.63, 3.8) is 0 Å². The number of aliphatic hydroxyl groups excluding tert-OH is 1. The molecule has 19 heteroatoms. The van der Waals surface area contributed by atoms with Gasteiger partial charge < -0.3 is 52.5 Å². The molecule has 19 nitrogen and oxygen atoms in total. The van der Waals surface area contributed by atoms with E-state index in [0.717, 1.165) is 27.7 Å². The molecule has 2 aliphatic rings. The lowest BCUT2D eigenvalue weighted by Crippen LogP contribution is -2.70. The number of hydrogen-bond acceptors (Lipinski definition) is 19. The van der Waals surface area contributed by atoms with Gasteiger partial charge in [0, 0.05) is 27.7 Å². The first-order chi connectivity index (χ1) is 32.1. The summed E-state index contributed by atoms with van der Waals surface area (Å²) in [7, 11) is 0.